The first-order valence-electron chi connectivity index (χ1n) is 39.3. The molecule has 94 heavy (non-hydrogen) atoms. The van der Waals surface area contributed by atoms with Gasteiger partial charge in [-0.15, -0.1) is 0 Å². The third-order valence-corrected chi connectivity index (χ3v) is 18.0. The molecule has 0 aromatic heterocycles. The van der Waals surface area contributed by atoms with E-state index in [1.807, 2.05) is 21.1 Å². The number of unbranched alkanes of at least 4 members (excludes halogenated alkanes) is 38. The quantitative estimate of drug-likeness (QED) is 0.0211. The van der Waals surface area contributed by atoms with Gasteiger partial charge in [0.05, 0.1) is 27.7 Å². The normalized spacial score (nSPS) is 13.7. The van der Waals surface area contributed by atoms with Crippen LogP contribution < -0.4 is 0 Å². The van der Waals surface area contributed by atoms with Crippen LogP contribution in [-0.4, -0.2) is 74.9 Å². The summed E-state index contributed by atoms with van der Waals surface area (Å²) in [5.74, 6) is -0.814. The summed E-state index contributed by atoms with van der Waals surface area (Å²) in [5, 5.41) is 0. The first-order valence-corrected chi connectivity index (χ1v) is 40.8. The minimum absolute atomic E-state index is 0.0230. The maximum absolute atomic E-state index is 12.9. The Morgan fingerprint density at radius 2 is 0.606 bits per heavy atom. The monoisotopic (exact) mass is 1330 g/mol. The van der Waals surface area contributed by atoms with Crippen molar-refractivity contribution < 1.29 is 42.1 Å². The van der Waals surface area contributed by atoms with Crippen LogP contribution in [0.4, 0.5) is 0 Å². The lowest BCUT2D eigenvalue weighted by Crippen LogP contribution is -2.37. The smallest absolute Gasteiger partial charge is 0.462 e. The number of likely N-dealkylation sites (N-methyl/N-ethyl adjacent to an activating group) is 1. The SMILES string of the molecule is CC/C=C\C/C=C\C/C=C\C/C=C\C/C=C\C/C=C\C/C=C\C/C=C\C/C=C\CCCCCCCC(=O)OC(COC(=O)CCCCCCCCCCCCCCCCCCCCCCCCCCC/C=C\CCCCCCCCCC)COP(=O)(O)OCC[N+](C)(C)C. The summed E-state index contributed by atoms with van der Waals surface area (Å²) in [6.45, 7) is 4.33. The van der Waals surface area contributed by atoms with E-state index in [0.717, 1.165) is 109 Å². The predicted octanol–water partition coefficient (Wildman–Crippen LogP) is 26.2. The Morgan fingerprint density at radius 1 is 0.340 bits per heavy atom. The van der Waals surface area contributed by atoms with Gasteiger partial charge in [-0.1, -0.05) is 347 Å². The zero-order chi connectivity index (χ0) is 68.3. The van der Waals surface area contributed by atoms with Crippen LogP contribution in [0.5, 0.6) is 0 Å². The maximum Gasteiger partial charge on any atom is 0.472 e. The topological polar surface area (TPSA) is 108 Å². The van der Waals surface area contributed by atoms with Gasteiger partial charge < -0.3 is 18.9 Å². The van der Waals surface area contributed by atoms with Crippen molar-refractivity contribution in [3.63, 3.8) is 0 Å². The number of hydrogen-bond acceptors (Lipinski definition) is 7. The summed E-state index contributed by atoms with van der Waals surface area (Å²) in [6.07, 6.45) is 106. The van der Waals surface area contributed by atoms with Crippen molar-refractivity contribution in [3.05, 3.63) is 122 Å². The van der Waals surface area contributed by atoms with Crippen molar-refractivity contribution in [3.8, 4) is 0 Å². The van der Waals surface area contributed by atoms with Gasteiger partial charge >= 0.3 is 19.8 Å². The van der Waals surface area contributed by atoms with Gasteiger partial charge in [0.2, 0.25) is 0 Å². The van der Waals surface area contributed by atoms with Gasteiger partial charge in [-0.05, 0) is 109 Å². The van der Waals surface area contributed by atoms with E-state index in [-0.39, 0.29) is 32.0 Å². The lowest BCUT2D eigenvalue weighted by atomic mass is 10.0. The summed E-state index contributed by atoms with van der Waals surface area (Å²) in [7, 11) is 1.46. The molecule has 0 saturated carbocycles. The lowest BCUT2D eigenvalue weighted by Gasteiger charge is -2.24. The molecule has 0 rings (SSSR count). The Kier molecular flexibility index (Phi) is 70.8. The van der Waals surface area contributed by atoms with Crippen LogP contribution in [0.15, 0.2) is 122 Å². The van der Waals surface area contributed by atoms with Crippen LogP contribution in [0.1, 0.15) is 348 Å². The van der Waals surface area contributed by atoms with E-state index in [9.17, 15) is 19.0 Å². The Labute approximate surface area is 581 Å². The van der Waals surface area contributed by atoms with Crippen molar-refractivity contribution in [2.24, 2.45) is 0 Å². The Hall–Kier alpha value is -3.59. The maximum atomic E-state index is 12.9. The highest BCUT2D eigenvalue weighted by Gasteiger charge is 2.27. The Morgan fingerprint density at radius 3 is 0.915 bits per heavy atom. The number of rotatable bonds is 72. The second-order valence-corrected chi connectivity index (χ2v) is 28.8. The van der Waals surface area contributed by atoms with Crippen LogP contribution in [0.3, 0.4) is 0 Å². The van der Waals surface area contributed by atoms with Gasteiger partial charge in [0.1, 0.15) is 19.8 Å². The van der Waals surface area contributed by atoms with Gasteiger partial charge in [-0.25, -0.2) is 4.57 Å². The molecule has 0 fully saturated rings. The lowest BCUT2D eigenvalue weighted by molar-refractivity contribution is -0.870. The van der Waals surface area contributed by atoms with Gasteiger partial charge in [0, 0.05) is 12.8 Å². The van der Waals surface area contributed by atoms with E-state index in [0.29, 0.717) is 17.4 Å². The fourth-order valence-corrected chi connectivity index (χ4v) is 11.7. The molecule has 10 heteroatoms. The Balaban J connectivity index is 4.03. The second-order valence-electron chi connectivity index (χ2n) is 27.4. The zero-order valence-corrected chi connectivity index (χ0v) is 62.8. The summed E-state index contributed by atoms with van der Waals surface area (Å²) in [5.41, 5.74) is 0. The van der Waals surface area contributed by atoms with E-state index in [1.54, 1.807) is 0 Å². The summed E-state index contributed by atoms with van der Waals surface area (Å²) < 4.78 is 34.8. The minimum atomic E-state index is -4.41. The highest BCUT2D eigenvalue weighted by atomic mass is 31.2. The number of esters is 2. The zero-order valence-electron chi connectivity index (χ0n) is 61.9. The number of allylic oxidation sites excluding steroid dienone is 20. The predicted molar refractivity (Wildman–Crippen MR) is 408 cm³/mol. The molecule has 0 saturated heterocycles. The number of ether oxygens (including phenoxy) is 2. The van der Waals surface area contributed by atoms with Crippen LogP contribution in [-0.2, 0) is 32.7 Å². The molecule has 9 nitrogen and oxygen atoms in total. The fourth-order valence-electron chi connectivity index (χ4n) is 11.0. The largest absolute Gasteiger partial charge is 0.472 e. The van der Waals surface area contributed by atoms with Crippen molar-refractivity contribution in [2.45, 2.75) is 354 Å². The summed E-state index contributed by atoms with van der Waals surface area (Å²) in [6, 6.07) is 0. The third-order valence-electron chi connectivity index (χ3n) is 17.0. The first kappa shape index (κ1) is 90.4. The van der Waals surface area contributed by atoms with Crippen molar-refractivity contribution in [2.75, 3.05) is 47.5 Å². The number of carbonyl (C=O) groups is 2. The number of hydrogen-bond donors (Lipinski definition) is 1. The number of phosphoric ester groups is 1. The number of phosphoric acid groups is 1. The van der Waals surface area contributed by atoms with E-state index in [4.69, 9.17) is 18.5 Å². The van der Waals surface area contributed by atoms with Gasteiger partial charge in [0.25, 0.3) is 0 Å². The van der Waals surface area contributed by atoms with Crippen LogP contribution in [0, 0.1) is 0 Å². The van der Waals surface area contributed by atoms with Crippen LogP contribution in [0.25, 0.3) is 0 Å². The second kappa shape index (κ2) is 73.7. The molecule has 0 aliphatic rings. The molecule has 2 atom stereocenters. The summed E-state index contributed by atoms with van der Waals surface area (Å²) >= 11 is 0. The molecule has 0 radical (unpaired) electrons. The number of carbonyl (C=O) groups excluding carboxylic acids is 2. The van der Waals surface area contributed by atoms with Crippen molar-refractivity contribution in [1.82, 2.24) is 0 Å². The first-order chi connectivity index (χ1) is 46.0. The van der Waals surface area contributed by atoms with Crippen LogP contribution >= 0.6 is 7.82 Å². The van der Waals surface area contributed by atoms with Gasteiger partial charge in [-0.3, -0.25) is 18.6 Å². The van der Waals surface area contributed by atoms with E-state index >= 15 is 0 Å². The Bertz CT molecular complexity index is 2010. The molecule has 542 valence electrons. The van der Waals surface area contributed by atoms with Crippen molar-refractivity contribution >= 4 is 19.8 Å². The highest BCUT2D eigenvalue weighted by molar-refractivity contribution is 7.47. The molecule has 0 spiro atoms. The summed E-state index contributed by atoms with van der Waals surface area (Å²) in [4.78, 5) is 36.0. The molecule has 0 aliphatic carbocycles. The number of nitrogens with zero attached hydrogens (tertiary/aromatic N) is 1. The van der Waals surface area contributed by atoms with Crippen LogP contribution in [0.2, 0.25) is 0 Å². The van der Waals surface area contributed by atoms with Gasteiger partial charge in [0.15, 0.2) is 6.10 Å². The molecule has 0 aromatic carbocycles. The molecule has 0 amide bonds. The van der Waals surface area contributed by atoms with E-state index in [1.165, 1.54) is 205 Å². The molecule has 0 heterocycles. The average molecular weight is 1330 g/mol. The molecule has 2 unspecified atom stereocenters. The highest BCUT2D eigenvalue weighted by Crippen LogP contribution is 2.43. The molecular weight excluding hydrogens is 1180 g/mol. The fraction of sp³-hybridized carbons (Fsp3) is 0.738. The standard InChI is InChI=1S/C84H148NO8P/c1-6-8-10-12-14-16-18-20-22-24-26-28-30-32-34-36-38-40-41-42-43-45-46-48-50-52-54-56-58-60-62-64-66-68-70-72-74-76-83(86)90-80-82(81-92-94(88,89)91-79-78-85(3,4)5)93-84(87)77-75-73-71-69-67-65-63-61-59-57-55-53-51-49-47-44-39-37-35-33-31-29-27-25-23-21-19-17-15-13-11-9-7-2/h9,11,15,17,21,23-24,26-27,29,33,35,39,44,49,51,55,57,61,63,82H,6-8,10,12-14,16,18-20,22,25,28,30-32,34,36-38,40-43,45-48,50,52-54,56,58-60,62,64-81H2,1-5H3/p+1/b11-9-,17-15-,23-21-,26-24-,29-27-,35-33-,44-39-,51-49-,57-55-,63-61-. The van der Waals surface area contributed by atoms with Crippen molar-refractivity contribution in [1.29, 1.82) is 0 Å². The molecular formula is C84H149NO8P+. The number of quaternary nitrogens is 1. The van der Waals surface area contributed by atoms with E-state index in [2.05, 4.69) is 135 Å². The third kappa shape index (κ3) is 77.4. The van der Waals surface area contributed by atoms with E-state index < -0.39 is 26.5 Å². The average Bonchev–Trinajstić information content (AvgIpc) is 1.56. The molecule has 1 N–H and O–H groups in total. The molecule has 0 aliphatic heterocycles. The molecule has 0 aromatic rings. The minimum Gasteiger partial charge on any atom is -0.462 e. The molecule has 0 bridgehead atoms. The van der Waals surface area contributed by atoms with Gasteiger partial charge in [-0.2, -0.15) is 0 Å².